The summed E-state index contributed by atoms with van der Waals surface area (Å²) >= 11 is 0. The van der Waals surface area contributed by atoms with Gasteiger partial charge in [0.15, 0.2) is 0 Å². The highest BCUT2D eigenvalue weighted by molar-refractivity contribution is 5.22. The van der Waals surface area contributed by atoms with Crippen LogP contribution in [0.3, 0.4) is 0 Å². The molecule has 0 aromatic heterocycles. The lowest BCUT2D eigenvalue weighted by molar-refractivity contribution is -0.0882. The number of ether oxygens (including phenoxy) is 1. The summed E-state index contributed by atoms with van der Waals surface area (Å²) < 4.78 is 5.77. The highest BCUT2D eigenvalue weighted by Gasteiger charge is 2.26. The quantitative estimate of drug-likeness (QED) is 0.921. The lowest BCUT2D eigenvalue weighted by Crippen LogP contribution is -2.47. The Morgan fingerprint density at radius 3 is 2.33 bits per heavy atom. The molecule has 0 unspecified atom stereocenters. The number of nitrogens with one attached hydrogen (secondary N) is 1. The van der Waals surface area contributed by atoms with Crippen LogP contribution in [0, 0.1) is 0 Å². The van der Waals surface area contributed by atoms with E-state index in [4.69, 9.17) is 4.74 Å². The first-order valence-corrected chi connectivity index (χ1v) is 7.93. The van der Waals surface area contributed by atoms with Crippen molar-refractivity contribution in [2.75, 3.05) is 19.7 Å². The maximum atomic E-state index is 5.77. The van der Waals surface area contributed by atoms with Gasteiger partial charge in [0.2, 0.25) is 0 Å². The summed E-state index contributed by atoms with van der Waals surface area (Å²) in [6.07, 6.45) is 0. The molecule has 1 fully saturated rings. The number of morpholine rings is 1. The second-order valence-corrected chi connectivity index (χ2v) is 7.74. The molecule has 1 aromatic rings. The number of hydrogen-bond donors (Lipinski definition) is 1. The molecule has 1 aliphatic rings. The average Bonchev–Trinajstić information content (AvgIpc) is 2.36. The third-order valence-corrected chi connectivity index (χ3v) is 3.76. The minimum atomic E-state index is -0.0190. The van der Waals surface area contributed by atoms with Gasteiger partial charge in [-0.05, 0) is 45.7 Å². The summed E-state index contributed by atoms with van der Waals surface area (Å²) in [5.41, 5.74) is 2.87. The molecule has 3 nitrogen and oxygen atoms in total. The molecule has 21 heavy (non-hydrogen) atoms. The van der Waals surface area contributed by atoms with Crippen LogP contribution in [0.4, 0.5) is 0 Å². The van der Waals surface area contributed by atoms with E-state index in [0.29, 0.717) is 0 Å². The van der Waals surface area contributed by atoms with Gasteiger partial charge in [-0.15, -0.1) is 0 Å². The van der Waals surface area contributed by atoms with E-state index in [9.17, 15) is 0 Å². The third-order valence-electron chi connectivity index (χ3n) is 3.76. The minimum absolute atomic E-state index is 0.0190. The van der Waals surface area contributed by atoms with Crippen molar-refractivity contribution in [2.45, 2.75) is 58.8 Å². The van der Waals surface area contributed by atoms with Gasteiger partial charge in [-0.3, -0.25) is 4.90 Å². The first-order chi connectivity index (χ1) is 9.73. The van der Waals surface area contributed by atoms with E-state index in [2.05, 4.69) is 69.1 Å². The van der Waals surface area contributed by atoms with Crippen LogP contribution in [0.25, 0.3) is 0 Å². The number of nitrogens with zero attached hydrogens (tertiary/aromatic N) is 1. The van der Waals surface area contributed by atoms with Gasteiger partial charge in [0.25, 0.3) is 0 Å². The predicted molar refractivity (Wildman–Crippen MR) is 88.3 cm³/mol. The zero-order chi connectivity index (χ0) is 15.5. The molecule has 2 rings (SSSR count). The van der Waals surface area contributed by atoms with Gasteiger partial charge in [-0.1, -0.05) is 24.3 Å². The van der Waals surface area contributed by atoms with Crippen LogP contribution in [0.15, 0.2) is 24.3 Å². The molecule has 0 aliphatic carbocycles. The number of hydrogen-bond acceptors (Lipinski definition) is 3. The zero-order valence-electron chi connectivity index (χ0n) is 14.2. The van der Waals surface area contributed by atoms with E-state index >= 15 is 0 Å². The predicted octanol–water partition coefficient (Wildman–Crippen LogP) is 3.19. The fourth-order valence-electron chi connectivity index (χ4n) is 2.64. The molecular formula is C18H30N2O. The van der Waals surface area contributed by atoms with Crippen molar-refractivity contribution in [3.63, 3.8) is 0 Å². The largest absolute Gasteiger partial charge is 0.373 e. The van der Waals surface area contributed by atoms with Gasteiger partial charge in [0, 0.05) is 31.7 Å². The van der Waals surface area contributed by atoms with E-state index in [0.717, 1.165) is 32.8 Å². The topological polar surface area (TPSA) is 24.5 Å². The Bertz CT molecular complexity index is 445. The molecule has 1 aliphatic heterocycles. The Morgan fingerprint density at radius 2 is 1.76 bits per heavy atom. The van der Waals surface area contributed by atoms with Gasteiger partial charge < -0.3 is 10.1 Å². The van der Waals surface area contributed by atoms with Crippen molar-refractivity contribution in [2.24, 2.45) is 0 Å². The summed E-state index contributed by atoms with van der Waals surface area (Å²) in [5, 5.41) is 3.52. The summed E-state index contributed by atoms with van der Waals surface area (Å²) in [5.74, 6) is 0. The maximum Gasteiger partial charge on any atom is 0.0753 e. The van der Waals surface area contributed by atoms with Crippen molar-refractivity contribution < 1.29 is 4.74 Å². The van der Waals surface area contributed by atoms with Crippen LogP contribution in [0.1, 0.15) is 45.7 Å². The molecule has 0 saturated carbocycles. The second-order valence-electron chi connectivity index (χ2n) is 7.74. The molecule has 1 N–H and O–H groups in total. The normalized spacial score (nSPS) is 19.7. The van der Waals surface area contributed by atoms with Crippen molar-refractivity contribution >= 4 is 0 Å². The highest BCUT2D eigenvalue weighted by atomic mass is 16.5. The van der Waals surface area contributed by atoms with Crippen LogP contribution >= 0.6 is 0 Å². The molecule has 1 saturated heterocycles. The number of rotatable bonds is 4. The lowest BCUT2D eigenvalue weighted by atomic mass is 10.1. The van der Waals surface area contributed by atoms with Gasteiger partial charge in [-0.2, -0.15) is 0 Å². The molecule has 0 amide bonds. The third kappa shape index (κ3) is 5.77. The lowest BCUT2D eigenvalue weighted by Gasteiger charge is -2.38. The molecule has 0 spiro atoms. The van der Waals surface area contributed by atoms with Crippen LogP contribution in [0.5, 0.6) is 0 Å². The van der Waals surface area contributed by atoms with Crippen molar-refractivity contribution in [3.8, 4) is 0 Å². The molecule has 0 radical (unpaired) electrons. The van der Waals surface area contributed by atoms with E-state index in [1.54, 1.807) is 0 Å². The first kappa shape index (κ1) is 16.5. The molecular weight excluding hydrogens is 260 g/mol. The minimum Gasteiger partial charge on any atom is -0.373 e. The van der Waals surface area contributed by atoms with Gasteiger partial charge >= 0.3 is 0 Å². The highest BCUT2D eigenvalue weighted by Crippen LogP contribution is 2.18. The van der Waals surface area contributed by atoms with Crippen molar-refractivity contribution in [1.29, 1.82) is 0 Å². The number of benzene rings is 1. The molecule has 0 atom stereocenters. The Hall–Kier alpha value is -0.900. The molecule has 1 heterocycles. The molecule has 3 heteroatoms. The molecule has 0 bridgehead atoms. The van der Waals surface area contributed by atoms with Crippen LogP contribution in [-0.4, -0.2) is 35.7 Å². The maximum absolute atomic E-state index is 5.77. The monoisotopic (exact) mass is 290 g/mol. The first-order valence-electron chi connectivity index (χ1n) is 7.93. The van der Waals surface area contributed by atoms with Crippen LogP contribution < -0.4 is 5.32 Å². The Labute approximate surface area is 129 Å². The Kier molecular flexibility index (Phi) is 5.07. The summed E-state index contributed by atoms with van der Waals surface area (Å²) in [4.78, 5) is 2.48. The van der Waals surface area contributed by atoms with E-state index in [1.165, 1.54) is 11.1 Å². The van der Waals surface area contributed by atoms with Crippen molar-refractivity contribution in [3.05, 3.63) is 35.4 Å². The second kappa shape index (κ2) is 6.47. The van der Waals surface area contributed by atoms with E-state index < -0.39 is 0 Å². The molecule has 1 aromatic carbocycles. The van der Waals surface area contributed by atoms with E-state index in [1.807, 2.05) is 0 Å². The Balaban J connectivity index is 1.87. The van der Waals surface area contributed by atoms with Crippen LogP contribution in [-0.2, 0) is 17.8 Å². The van der Waals surface area contributed by atoms with Gasteiger partial charge in [-0.25, -0.2) is 0 Å². The fraction of sp³-hybridized carbons (Fsp3) is 0.667. The standard InChI is InChI=1S/C18H30N2O/c1-17(2,3)19-12-15-6-8-16(9-7-15)13-20-10-11-21-18(4,5)14-20/h6-9,19H,10-14H2,1-5H3. The van der Waals surface area contributed by atoms with Gasteiger partial charge in [0.1, 0.15) is 0 Å². The Morgan fingerprint density at radius 1 is 1.14 bits per heavy atom. The SMILES string of the molecule is CC(C)(C)NCc1ccc(CN2CCOC(C)(C)C2)cc1. The van der Waals surface area contributed by atoms with Gasteiger partial charge in [0.05, 0.1) is 12.2 Å². The summed E-state index contributed by atoms with van der Waals surface area (Å²) in [7, 11) is 0. The van der Waals surface area contributed by atoms with Crippen LogP contribution in [0.2, 0.25) is 0 Å². The summed E-state index contributed by atoms with van der Waals surface area (Å²) in [6.45, 7) is 15.7. The average molecular weight is 290 g/mol. The zero-order valence-corrected chi connectivity index (χ0v) is 14.2. The summed E-state index contributed by atoms with van der Waals surface area (Å²) in [6, 6.07) is 8.98. The smallest absolute Gasteiger partial charge is 0.0753 e. The van der Waals surface area contributed by atoms with E-state index in [-0.39, 0.29) is 11.1 Å². The van der Waals surface area contributed by atoms with Crippen molar-refractivity contribution in [1.82, 2.24) is 10.2 Å². The molecule has 118 valence electrons. The fourth-order valence-corrected chi connectivity index (χ4v) is 2.64.